The van der Waals surface area contributed by atoms with E-state index in [4.69, 9.17) is 4.74 Å². The van der Waals surface area contributed by atoms with Gasteiger partial charge in [-0.2, -0.15) is 0 Å². The van der Waals surface area contributed by atoms with Crippen LogP contribution in [0.4, 0.5) is 0 Å². The third kappa shape index (κ3) is 2.74. The topological polar surface area (TPSA) is 50.4 Å². The lowest BCUT2D eigenvalue weighted by atomic mass is 10.1. The smallest absolute Gasteiger partial charge is 0.223 e. The number of methoxy groups -OCH3 is 1. The van der Waals surface area contributed by atoms with Gasteiger partial charge in [0.15, 0.2) is 0 Å². The molecule has 0 bridgehead atoms. The molecule has 2 unspecified atom stereocenters. The summed E-state index contributed by atoms with van der Waals surface area (Å²) in [5.41, 5.74) is 0. The highest BCUT2D eigenvalue weighted by Crippen LogP contribution is 2.57. The van der Waals surface area contributed by atoms with Crippen LogP contribution in [0.25, 0.3) is 0 Å². The summed E-state index contributed by atoms with van der Waals surface area (Å²) in [6, 6.07) is 0. The summed E-state index contributed by atoms with van der Waals surface area (Å²) in [6.45, 7) is 3.14. The van der Waals surface area contributed by atoms with Crippen LogP contribution in [0.5, 0.6) is 0 Å². The fourth-order valence-corrected chi connectivity index (χ4v) is 2.90. The van der Waals surface area contributed by atoms with E-state index in [1.54, 1.807) is 7.11 Å². The van der Waals surface area contributed by atoms with Crippen LogP contribution >= 0.6 is 0 Å². The van der Waals surface area contributed by atoms with E-state index in [9.17, 15) is 4.79 Å². The summed E-state index contributed by atoms with van der Waals surface area (Å²) in [4.78, 5) is 11.7. The Morgan fingerprint density at radius 1 is 1.25 bits per heavy atom. The Morgan fingerprint density at radius 3 is 2.69 bits per heavy atom. The molecule has 2 rings (SSSR count). The van der Waals surface area contributed by atoms with Gasteiger partial charge in [0.25, 0.3) is 0 Å². The first-order valence-corrected chi connectivity index (χ1v) is 6.32. The van der Waals surface area contributed by atoms with Crippen molar-refractivity contribution in [3.8, 4) is 0 Å². The summed E-state index contributed by atoms with van der Waals surface area (Å²) < 4.78 is 4.92. The molecule has 0 spiro atoms. The molecule has 2 atom stereocenters. The highest BCUT2D eigenvalue weighted by Gasteiger charge is 2.56. The Hall–Kier alpha value is -0.610. The first-order valence-electron chi connectivity index (χ1n) is 6.32. The van der Waals surface area contributed by atoms with Crippen molar-refractivity contribution in [2.45, 2.75) is 19.3 Å². The highest BCUT2D eigenvalue weighted by molar-refractivity contribution is 5.82. The minimum atomic E-state index is 0.281. The first-order chi connectivity index (χ1) is 7.84. The molecular formula is C12H22N2O2. The molecule has 0 heterocycles. The van der Waals surface area contributed by atoms with Gasteiger partial charge in [0.1, 0.15) is 0 Å². The molecule has 2 fully saturated rings. The molecule has 0 aromatic heterocycles. The van der Waals surface area contributed by atoms with Gasteiger partial charge < -0.3 is 15.4 Å². The van der Waals surface area contributed by atoms with Crippen molar-refractivity contribution >= 4 is 5.91 Å². The molecule has 92 valence electrons. The van der Waals surface area contributed by atoms with Gasteiger partial charge in [-0.1, -0.05) is 6.42 Å². The summed E-state index contributed by atoms with van der Waals surface area (Å²) in [6.07, 6.45) is 3.88. The summed E-state index contributed by atoms with van der Waals surface area (Å²) >= 11 is 0. The van der Waals surface area contributed by atoms with Gasteiger partial charge in [0, 0.05) is 32.7 Å². The predicted octanol–water partition coefficient (Wildman–Crippen LogP) is 0.385. The Morgan fingerprint density at radius 2 is 2.00 bits per heavy atom. The number of hydrogen-bond donors (Lipinski definition) is 2. The Labute approximate surface area is 97.1 Å². The molecule has 4 heteroatoms. The maximum absolute atomic E-state index is 11.7. The minimum Gasteiger partial charge on any atom is -0.383 e. The van der Waals surface area contributed by atoms with E-state index in [0.29, 0.717) is 5.92 Å². The zero-order valence-electron chi connectivity index (χ0n) is 10.00. The molecule has 0 aromatic carbocycles. The van der Waals surface area contributed by atoms with E-state index in [-0.39, 0.29) is 5.91 Å². The van der Waals surface area contributed by atoms with Crippen molar-refractivity contribution in [2.75, 3.05) is 33.4 Å². The van der Waals surface area contributed by atoms with Crippen molar-refractivity contribution < 1.29 is 9.53 Å². The van der Waals surface area contributed by atoms with Gasteiger partial charge >= 0.3 is 0 Å². The van der Waals surface area contributed by atoms with Crippen LogP contribution in [0.2, 0.25) is 0 Å². The molecular weight excluding hydrogens is 204 g/mol. The number of rotatable bonds is 7. The quantitative estimate of drug-likeness (QED) is 0.617. The van der Waals surface area contributed by atoms with Gasteiger partial charge in [-0.25, -0.2) is 0 Å². The van der Waals surface area contributed by atoms with Crippen LogP contribution in [0, 0.1) is 17.8 Å². The molecule has 0 radical (unpaired) electrons. The molecule has 0 aromatic rings. The van der Waals surface area contributed by atoms with E-state index in [0.717, 1.165) is 38.1 Å². The van der Waals surface area contributed by atoms with Gasteiger partial charge in [-0.3, -0.25) is 4.79 Å². The number of fused-ring (bicyclic) bond motifs is 1. The second-order valence-electron chi connectivity index (χ2n) is 4.82. The third-order valence-corrected chi connectivity index (χ3v) is 3.79. The number of nitrogens with one attached hydrogen (secondary N) is 2. The van der Waals surface area contributed by atoms with Crippen LogP contribution in [0.1, 0.15) is 19.3 Å². The van der Waals surface area contributed by atoms with Crippen LogP contribution < -0.4 is 10.6 Å². The fraction of sp³-hybridized carbons (Fsp3) is 0.917. The Kier molecular flexibility index (Phi) is 4.18. The fourth-order valence-electron chi connectivity index (χ4n) is 2.90. The number of hydrogen-bond acceptors (Lipinski definition) is 3. The van der Waals surface area contributed by atoms with Gasteiger partial charge in [0.2, 0.25) is 5.91 Å². The molecule has 2 aliphatic carbocycles. The van der Waals surface area contributed by atoms with E-state index in [1.807, 2.05) is 0 Å². The Balaban J connectivity index is 1.49. The lowest BCUT2D eigenvalue weighted by Crippen LogP contribution is -2.34. The van der Waals surface area contributed by atoms with Crippen molar-refractivity contribution in [1.29, 1.82) is 0 Å². The van der Waals surface area contributed by atoms with Crippen LogP contribution in [-0.4, -0.2) is 39.3 Å². The van der Waals surface area contributed by atoms with Gasteiger partial charge in [-0.05, 0) is 24.7 Å². The second kappa shape index (κ2) is 5.64. The molecule has 2 aliphatic rings. The number of carbonyl (C=O) groups excluding carboxylic acids is 1. The van der Waals surface area contributed by atoms with Crippen molar-refractivity contribution in [1.82, 2.24) is 10.6 Å². The number of amides is 1. The maximum Gasteiger partial charge on any atom is 0.223 e. The van der Waals surface area contributed by atoms with Crippen LogP contribution in [0.3, 0.4) is 0 Å². The predicted molar refractivity (Wildman–Crippen MR) is 62.1 cm³/mol. The van der Waals surface area contributed by atoms with E-state index in [2.05, 4.69) is 10.6 Å². The normalized spacial score (nSPS) is 31.2. The van der Waals surface area contributed by atoms with Crippen molar-refractivity contribution in [2.24, 2.45) is 17.8 Å². The van der Waals surface area contributed by atoms with E-state index < -0.39 is 0 Å². The van der Waals surface area contributed by atoms with Crippen molar-refractivity contribution in [3.63, 3.8) is 0 Å². The van der Waals surface area contributed by atoms with Gasteiger partial charge in [-0.15, -0.1) is 0 Å². The van der Waals surface area contributed by atoms with Crippen molar-refractivity contribution in [3.05, 3.63) is 0 Å². The largest absolute Gasteiger partial charge is 0.383 e. The number of carbonyl (C=O) groups is 1. The summed E-state index contributed by atoms with van der Waals surface area (Å²) in [5, 5.41) is 6.22. The molecule has 1 amide bonds. The standard InChI is InChI=1S/C12H22N2O2/c1-16-8-7-13-5-6-14-12(15)11-9-3-2-4-10(9)11/h9-11,13H,2-8H2,1H3,(H,14,15). The zero-order valence-corrected chi connectivity index (χ0v) is 10.00. The summed E-state index contributed by atoms with van der Waals surface area (Å²) in [7, 11) is 1.69. The number of ether oxygens (including phenoxy) is 1. The monoisotopic (exact) mass is 226 g/mol. The average Bonchev–Trinajstić information content (AvgIpc) is 2.77. The molecule has 0 saturated heterocycles. The second-order valence-corrected chi connectivity index (χ2v) is 4.82. The lowest BCUT2D eigenvalue weighted by Gasteiger charge is -2.07. The lowest BCUT2D eigenvalue weighted by molar-refractivity contribution is -0.123. The highest BCUT2D eigenvalue weighted by atomic mass is 16.5. The molecule has 2 N–H and O–H groups in total. The summed E-state index contributed by atoms with van der Waals surface area (Å²) in [5.74, 6) is 2.08. The molecule has 2 saturated carbocycles. The van der Waals surface area contributed by atoms with E-state index in [1.165, 1.54) is 19.3 Å². The first kappa shape index (κ1) is 11.9. The SMILES string of the molecule is COCCNCCNC(=O)C1C2CCCC21. The zero-order chi connectivity index (χ0) is 11.4. The van der Waals surface area contributed by atoms with Gasteiger partial charge in [0.05, 0.1) is 6.61 Å². The molecule has 16 heavy (non-hydrogen) atoms. The Bertz CT molecular complexity index is 235. The minimum absolute atomic E-state index is 0.281. The maximum atomic E-state index is 11.7. The van der Waals surface area contributed by atoms with E-state index >= 15 is 0 Å². The van der Waals surface area contributed by atoms with Crippen LogP contribution in [0.15, 0.2) is 0 Å². The van der Waals surface area contributed by atoms with Crippen LogP contribution in [-0.2, 0) is 9.53 Å². The molecule has 4 nitrogen and oxygen atoms in total. The third-order valence-electron chi connectivity index (χ3n) is 3.79. The average molecular weight is 226 g/mol. The molecule has 0 aliphatic heterocycles.